The molecule has 0 bridgehead atoms. The quantitative estimate of drug-likeness (QED) is 0.822. The molecule has 2 atom stereocenters. The van der Waals surface area contributed by atoms with Gasteiger partial charge in [-0.15, -0.1) is 0 Å². The molecule has 0 unspecified atom stereocenters. The Kier molecular flexibility index (Phi) is 4.02. The van der Waals surface area contributed by atoms with Gasteiger partial charge in [0.2, 0.25) is 5.91 Å². The minimum Gasteiger partial charge on any atom is -0.481 e. The summed E-state index contributed by atoms with van der Waals surface area (Å²) in [5.41, 5.74) is 0. The van der Waals surface area contributed by atoms with Crippen molar-refractivity contribution in [3.8, 4) is 0 Å². The van der Waals surface area contributed by atoms with Gasteiger partial charge in [-0.25, -0.2) is 0 Å². The van der Waals surface area contributed by atoms with E-state index in [9.17, 15) is 9.59 Å². The van der Waals surface area contributed by atoms with Gasteiger partial charge in [0.05, 0.1) is 11.8 Å². The van der Waals surface area contributed by atoms with E-state index in [-0.39, 0.29) is 11.8 Å². The lowest BCUT2D eigenvalue weighted by atomic mass is 9.95. The van der Waals surface area contributed by atoms with Crippen LogP contribution >= 0.6 is 0 Å². The first kappa shape index (κ1) is 12.7. The molecule has 1 heterocycles. The number of carboxylic acids is 1. The Balaban J connectivity index is 1.79. The molecule has 18 heavy (non-hydrogen) atoms. The normalized spacial score (nSPS) is 22.9. The number of hydrogen-bond donors (Lipinski definition) is 2. The SMILES string of the molecule is O=C(O)[C@H]1CCC[C@H]1C(=O)NCCn1cccc1. The number of aliphatic carboxylic acids is 1. The maximum Gasteiger partial charge on any atom is 0.307 e. The highest BCUT2D eigenvalue weighted by Crippen LogP contribution is 2.31. The van der Waals surface area contributed by atoms with Crippen LogP contribution in [0.4, 0.5) is 0 Å². The molecule has 98 valence electrons. The molecule has 5 nitrogen and oxygen atoms in total. The van der Waals surface area contributed by atoms with Gasteiger partial charge in [-0.2, -0.15) is 0 Å². The van der Waals surface area contributed by atoms with Crippen LogP contribution in [-0.2, 0) is 16.1 Å². The molecule has 2 N–H and O–H groups in total. The zero-order valence-electron chi connectivity index (χ0n) is 10.2. The third kappa shape index (κ3) is 2.91. The summed E-state index contributed by atoms with van der Waals surface area (Å²) in [6.45, 7) is 1.25. The van der Waals surface area contributed by atoms with Crippen LogP contribution in [0.1, 0.15) is 19.3 Å². The zero-order chi connectivity index (χ0) is 13.0. The van der Waals surface area contributed by atoms with Crippen molar-refractivity contribution in [1.29, 1.82) is 0 Å². The van der Waals surface area contributed by atoms with Crippen LogP contribution in [0.25, 0.3) is 0 Å². The van der Waals surface area contributed by atoms with Crippen LogP contribution in [0.15, 0.2) is 24.5 Å². The summed E-state index contributed by atoms with van der Waals surface area (Å²) in [5.74, 6) is -1.83. The molecule has 0 radical (unpaired) electrons. The number of nitrogens with zero attached hydrogens (tertiary/aromatic N) is 1. The molecule has 2 rings (SSSR count). The average Bonchev–Trinajstić information content (AvgIpc) is 2.99. The second-order valence-electron chi connectivity index (χ2n) is 4.69. The second kappa shape index (κ2) is 5.71. The van der Waals surface area contributed by atoms with Gasteiger partial charge in [0.15, 0.2) is 0 Å². The first-order valence-electron chi connectivity index (χ1n) is 6.30. The van der Waals surface area contributed by atoms with Gasteiger partial charge in [0.1, 0.15) is 0 Å². The molecule has 1 amide bonds. The summed E-state index contributed by atoms with van der Waals surface area (Å²) >= 11 is 0. The predicted molar refractivity (Wildman–Crippen MR) is 65.9 cm³/mol. The van der Waals surface area contributed by atoms with E-state index in [0.29, 0.717) is 25.9 Å². The maximum atomic E-state index is 11.9. The summed E-state index contributed by atoms with van der Waals surface area (Å²) in [7, 11) is 0. The molecule has 1 fully saturated rings. The van der Waals surface area contributed by atoms with Crippen LogP contribution in [0, 0.1) is 11.8 Å². The molecule has 1 aliphatic rings. The van der Waals surface area contributed by atoms with E-state index < -0.39 is 11.9 Å². The van der Waals surface area contributed by atoms with Crippen molar-refractivity contribution in [3.63, 3.8) is 0 Å². The van der Waals surface area contributed by atoms with Crippen molar-refractivity contribution in [2.45, 2.75) is 25.8 Å². The minimum absolute atomic E-state index is 0.118. The third-order valence-corrected chi connectivity index (χ3v) is 3.51. The molecule has 1 aliphatic carbocycles. The Morgan fingerprint density at radius 2 is 1.89 bits per heavy atom. The average molecular weight is 250 g/mol. The lowest BCUT2D eigenvalue weighted by Gasteiger charge is -2.15. The van der Waals surface area contributed by atoms with E-state index in [2.05, 4.69) is 5.32 Å². The Morgan fingerprint density at radius 3 is 2.56 bits per heavy atom. The van der Waals surface area contributed by atoms with Crippen molar-refractivity contribution in [2.75, 3.05) is 6.54 Å². The van der Waals surface area contributed by atoms with Crippen molar-refractivity contribution >= 4 is 11.9 Å². The summed E-state index contributed by atoms with van der Waals surface area (Å²) < 4.78 is 1.98. The van der Waals surface area contributed by atoms with Gasteiger partial charge >= 0.3 is 5.97 Å². The molecule has 0 spiro atoms. The number of aromatic nitrogens is 1. The molecular weight excluding hydrogens is 232 g/mol. The number of carbonyl (C=O) groups is 2. The maximum absolute atomic E-state index is 11.9. The molecule has 5 heteroatoms. The third-order valence-electron chi connectivity index (χ3n) is 3.51. The van der Waals surface area contributed by atoms with E-state index in [1.54, 1.807) is 0 Å². The van der Waals surface area contributed by atoms with Gasteiger partial charge in [-0.1, -0.05) is 6.42 Å². The van der Waals surface area contributed by atoms with Crippen molar-refractivity contribution < 1.29 is 14.7 Å². The molecule has 1 saturated carbocycles. The van der Waals surface area contributed by atoms with Crippen molar-refractivity contribution in [1.82, 2.24) is 9.88 Å². The second-order valence-corrected chi connectivity index (χ2v) is 4.69. The van der Waals surface area contributed by atoms with Crippen molar-refractivity contribution in [2.24, 2.45) is 11.8 Å². The Labute approximate surface area is 106 Å². The number of carboxylic acid groups (broad SMARTS) is 1. The fourth-order valence-corrected chi connectivity index (χ4v) is 2.53. The van der Waals surface area contributed by atoms with Crippen LogP contribution in [-0.4, -0.2) is 28.1 Å². The van der Waals surface area contributed by atoms with E-state index >= 15 is 0 Å². The van der Waals surface area contributed by atoms with Gasteiger partial charge in [0.25, 0.3) is 0 Å². The Bertz CT molecular complexity index is 414. The lowest BCUT2D eigenvalue weighted by molar-refractivity contribution is -0.146. The largest absolute Gasteiger partial charge is 0.481 e. The number of carbonyl (C=O) groups excluding carboxylic acids is 1. The summed E-state index contributed by atoms with van der Waals surface area (Å²) in [4.78, 5) is 22.9. The van der Waals surface area contributed by atoms with Gasteiger partial charge in [-0.05, 0) is 25.0 Å². The van der Waals surface area contributed by atoms with Crippen molar-refractivity contribution in [3.05, 3.63) is 24.5 Å². The van der Waals surface area contributed by atoms with Crippen LogP contribution < -0.4 is 5.32 Å². The molecule has 0 aliphatic heterocycles. The fraction of sp³-hybridized carbons (Fsp3) is 0.538. The van der Waals surface area contributed by atoms with E-state index in [1.807, 2.05) is 29.1 Å². The number of nitrogens with one attached hydrogen (secondary N) is 1. The summed E-state index contributed by atoms with van der Waals surface area (Å²) in [6, 6.07) is 3.86. The van der Waals surface area contributed by atoms with Crippen LogP contribution in [0.5, 0.6) is 0 Å². The Hall–Kier alpha value is -1.78. The highest BCUT2D eigenvalue weighted by molar-refractivity contribution is 5.85. The van der Waals surface area contributed by atoms with Gasteiger partial charge in [-0.3, -0.25) is 9.59 Å². The fourth-order valence-electron chi connectivity index (χ4n) is 2.53. The van der Waals surface area contributed by atoms with Crippen LogP contribution in [0.2, 0.25) is 0 Å². The molecular formula is C13H18N2O3. The highest BCUT2D eigenvalue weighted by Gasteiger charge is 2.37. The van der Waals surface area contributed by atoms with Crippen LogP contribution in [0.3, 0.4) is 0 Å². The predicted octanol–water partition coefficient (Wildman–Crippen LogP) is 1.11. The number of rotatable bonds is 5. The van der Waals surface area contributed by atoms with E-state index in [0.717, 1.165) is 6.42 Å². The molecule has 0 saturated heterocycles. The number of hydrogen-bond acceptors (Lipinski definition) is 2. The smallest absolute Gasteiger partial charge is 0.307 e. The first-order valence-corrected chi connectivity index (χ1v) is 6.30. The topological polar surface area (TPSA) is 71.3 Å². The zero-order valence-corrected chi connectivity index (χ0v) is 10.2. The highest BCUT2D eigenvalue weighted by atomic mass is 16.4. The Morgan fingerprint density at radius 1 is 1.22 bits per heavy atom. The molecule has 1 aromatic rings. The lowest BCUT2D eigenvalue weighted by Crippen LogP contribution is -2.36. The minimum atomic E-state index is -0.849. The summed E-state index contributed by atoms with van der Waals surface area (Å²) in [6.07, 6.45) is 5.99. The standard InChI is InChI=1S/C13H18N2O3/c16-12(10-4-3-5-11(10)13(17)18)14-6-9-15-7-1-2-8-15/h1-2,7-8,10-11H,3-6,9H2,(H,14,16)(H,17,18)/t10-,11+/m1/s1. The first-order chi connectivity index (χ1) is 8.68. The monoisotopic (exact) mass is 250 g/mol. The molecule has 1 aromatic heterocycles. The van der Waals surface area contributed by atoms with Gasteiger partial charge in [0, 0.05) is 25.5 Å². The molecule has 0 aromatic carbocycles. The van der Waals surface area contributed by atoms with E-state index in [1.165, 1.54) is 0 Å². The van der Waals surface area contributed by atoms with Gasteiger partial charge < -0.3 is 15.0 Å². The summed E-state index contributed by atoms with van der Waals surface area (Å²) in [5, 5.41) is 11.8. The number of amides is 1. The van der Waals surface area contributed by atoms with E-state index in [4.69, 9.17) is 5.11 Å².